The monoisotopic (exact) mass is 120 g/mol. The van der Waals surface area contributed by atoms with Crippen molar-refractivity contribution in [2.24, 2.45) is 0 Å². The maximum Gasteiger partial charge on any atom is 0.0401 e. The maximum absolute atomic E-state index is 5.07. The second-order valence-corrected chi connectivity index (χ2v) is 1.46. The number of halogens is 1. The van der Waals surface area contributed by atoms with Crippen molar-refractivity contribution in [2.45, 2.75) is 20.3 Å². The summed E-state index contributed by atoms with van der Waals surface area (Å²) in [5.74, 6) is 0.556. The van der Waals surface area contributed by atoms with Gasteiger partial charge in [-0.15, -0.1) is 18.2 Å². The summed E-state index contributed by atoms with van der Waals surface area (Å²) < 4.78 is 0. The zero-order valence-electron chi connectivity index (χ0n) is 5.08. The zero-order valence-corrected chi connectivity index (χ0v) is 5.83. The van der Waals surface area contributed by atoms with Crippen molar-refractivity contribution in [3.63, 3.8) is 0 Å². The molecule has 0 heterocycles. The van der Waals surface area contributed by atoms with Gasteiger partial charge in [-0.25, -0.2) is 0 Å². The highest BCUT2D eigenvalue weighted by atomic mass is 35.5. The maximum atomic E-state index is 5.07. The van der Waals surface area contributed by atoms with Crippen LogP contribution in [0.3, 0.4) is 0 Å². The summed E-state index contributed by atoms with van der Waals surface area (Å²) in [5.41, 5.74) is 0. The van der Waals surface area contributed by atoms with Crippen LogP contribution in [0.5, 0.6) is 0 Å². The molecule has 44 valence electrons. The molecule has 0 saturated carbocycles. The first-order chi connectivity index (χ1) is 3.33. The predicted octanol–water partition coefficient (Wildman–Crippen LogP) is 2.83. The van der Waals surface area contributed by atoms with Crippen LogP contribution in [0, 0.1) is 0 Å². The minimum Gasteiger partial charge on any atom is -0.122 e. The molecule has 0 nitrogen and oxygen atoms in total. The van der Waals surface area contributed by atoms with E-state index in [-0.39, 0.29) is 0 Å². The first kappa shape index (κ1) is 10.1. The largest absolute Gasteiger partial charge is 0.122 e. The molecule has 0 aliphatic heterocycles. The smallest absolute Gasteiger partial charge is 0.0401 e. The van der Waals surface area contributed by atoms with Crippen LogP contribution < -0.4 is 0 Å². The predicted molar refractivity (Wildman–Crippen MR) is 36.9 cm³/mol. The fraction of sp³-hybridized carbons (Fsp3) is 0.667. The fourth-order valence-electron chi connectivity index (χ4n) is 0. The van der Waals surface area contributed by atoms with E-state index in [0.29, 0.717) is 5.88 Å². The fourth-order valence-corrected chi connectivity index (χ4v) is 0. The molecule has 0 amide bonds. The highest BCUT2D eigenvalue weighted by Gasteiger charge is 1.48. The summed E-state index contributed by atoms with van der Waals surface area (Å²) in [7, 11) is 0. The van der Waals surface area contributed by atoms with Gasteiger partial charge in [0.25, 0.3) is 0 Å². The van der Waals surface area contributed by atoms with E-state index >= 15 is 0 Å². The number of hydrogen-bond donors (Lipinski definition) is 0. The van der Waals surface area contributed by atoms with E-state index in [1.807, 2.05) is 0 Å². The van der Waals surface area contributed by atoms with Crippen LogP contribution in [0.2, 0.25) is 0 Å². The molecule has 0 N–H and O–H groups in total. The molecule has 0 radical (unpaired) electrons. The summed E-state index contributed by atoms with van der Waals surface area (Å²) in [6.07, 6.45) is 2.89. The SMILES string of the molecule is C=CCCl.CCC. The Morgan fingerprint density at radius 1 is 1.57 bits per heavy atom. The van der Waals surface area contributed by atoms with Crippen LogP contribution in [0.1, 0.15) is 20.3 Å². The quantitative estimate of drug-likeness (QED) is 0.369. The highest BCUT2D eigenvalue weighted by Crippen LogP contribution is 1.67. The second kappa shape index (κ2) is 16.6. The van der Waals surface area contributed by atoms with Crippen LogP contribution in [0.4, 0.5) is 0 Å². The van der Waals surface area contributed by atoms with Crippen molar-refractivity contribution >= 4 is 11.6 Å². The van der Waals surface area contributed by atoms with Gasteiger partial charge in [-0.3, -0.25) is 0 Å². The van der Waals surface area contributed by atoms with Crippen molar-refractivity contribution in [2.75, 3.05) is 5.88 Å². The molecule has 0 aliphatic rings. The topological polar surface area (TPSA) is 0 Å². The van der Waals surface area contributed by atoms with Gasteiger partial charge in [0.15, 0.2) is 0 Å². The number of allylic oxidation sites excluding steroid dienone is 1. The van der Waals surface area contributed by atoms with Gasteiger partial charge in [0.05, 0.1) is 0 Å². The van der Waals surface area contributed by atoms with Crippen molar-refractivity contribution in [1.29, 1.82) is 0 Å². The van der Waals surface area contributed by atoms with Gasteiger partial charge in [0, 0.05) is 5.88 Å². The van der Waals surface area contributed by atoms with Gasteiger partial charge in [-0.2, -0.15) is 0 Å². The third-order valence-electron chi connectivity index (χ3n) is 0.109. The summed E-state index contributed by atoms with van der Waals surface area (Å²) >= 11 is 5.07. The van der Waals surface area contributed by atoms with Crippen molar-refractivity contribution in [1.82, 2.24) is 0 Å². The molecule has 0 atom stereocenters. The summed E-state index contributed by atoms with van der Waals surface area (Å²) in [6, 6.07) is 0. The molecule has 0 aromatic carbocycles. The first-order valence-electron chi connectivity index (χ1n) is 2.50. The Kier molecular flexibility index (Phi) is 24.0. The highest BCUT2D eigenvalue weighted by molar-refractivity contribution is 6.18. The molecule has 0 unspecified atom stereocenters. The normalized spacial score (nSPS) is 6.14. The van der Waals surface area contributed by atoms with Gasteiger partial charge in [-0.1, -0.05) is 26.3 Å². The Morgan fingerprint density at radius 2 is 1.71 bits per heavy atom. The van der Waals surface area contributed by atoms with Gasteiger partial charge in [0.2, 0.25) is 0 Å². The Morgan fingerprint density at radius 3 is 1.71 bits per heavy atom. The van der Waals surface area contributed by atoms with E-state index < -0.39 is 0 Å². The lowest BCUT2D eigenvalue weighted by molar-refractivity contribution is 1.09. The lowest BCUT2D eigenvalue weighted by Gasteiger charge is -1.55. The average molecular weight is 121 g/mol. The van der Waals surface area contributed by atoms with Crippen LogP contribution in [-0.2, 0) is 0 Å². The van der Waals surface area contributed by atoms with Crippen LogP contribution in [0.25, 0.3) is 0 Å². The summed E-state index contributed by atoms with van der Waals surface area (Å²) in [6.45, 7) is 7.60. The van der Waals surface area contributed by atoms with Gasteiger partial charge < -0.3 is 0 Å². The van der Waals surface area contributed by atoms with E-state index in [4.69, 9.17) is 11.6 Å². The van der Waals surface area contributed by atoms with Crippen molar-refractivity contribution < 1.29 is 0 Å². The third kappa shape index (κ3) is 92.3. The lowest BCUT2D eigenvalue weighted by atomic mass is 10.6. The standard InChI is InChI=1S/C3H5Cl.C3H8/c1-2-3-4;1-3-2/h2H,1,3H2;3H2,1-2H3. The minimum atomic E-state index is 0.556. The van der Waals surface area contributed by atoms with Gasteiger partial charge in [-0.05, 0) is 0 Å². The molecular weight excluding hydrogens is 108 g/mol. The van der Waals surface area contributed by atoms with E-state index in [1.165, 1.54) is 6.42 Å². The molecule has 0 saturated heterocycles. The van der Waals surface area contributed by atoms with E-state index in [0.717, 1.165) is 0 Å². The molecule has 0 aromatic heterocycles. The number of alkyl halides is 1. The van der Waals surface area contributed by atoms with Crippen molar-refractivity contribution in [3.8, 4) is 0 Å². The zero-order chi connectivity index (χ0) is 6.12. The number of hydrogen-bond acceptors (Lipinski definition) is 0. The molecule has 7 heavy (non-hydrogen) atoms. The Bertz CT molecular complexity index is 25.4. The molecule has 0 spiro atoms. The molecule has 0 aliphatic carbocycles. The average Bonchev–Trinajstić information content (AvgIpc) is 1.69. The van der Waals surface area contributed by atoms with Crippen LogP contribution in [0.15, 0.2) is 12.7 Å². The summed E-state index contributed by atoms with van der Waals surface area (Å²) in [5, 5.41) is 0. The van der Waals surface area contributed by atoms with E-state index in [1.54, 1.807) is 6.08 Å². The Balaban J connectivity index is 0. The van der Waals surface area contributed by atoms with Crippen LogP contribution in [-0.4, -0.2) is 5.88 Å². The molecule has 0 aromatic rings. The lowest BCUT2D eigenvalue weighted by Crippen LogP contribution is -1.45. The van der Waals surface area contributed by atoms with Crippen molar-refractivity contribution in [3.05, 3.63) is 12.7 Å². The van der Waals surface area contributed by atoms with Gasteiger partial charge in [0.1, 0.15) is 0 Å². The molecule has 0 rings (SSSR count). The molecule has 1 heteroatoms. The molecule has 0 bridgehead atoms. The third-order valence-corrected chi connectivity index (χ3v) is 0.327. The second-order valence-electron chi connectivity index (χ2n) is 1.15. The molecular formula is C6H13Cl. The van der Waals surface area contributed by atoms with E-state index in [9.17, 15) is 0 Å². The first-order valence-corrected chi connectivity index (χ1v) is 3.03. The Labute approximate surface area is 51.2 Å². The van der Waals surface area contributed by atoms with Gasteiger partial charge >= 0.3 is 0 Å². The summed E-state index contributed by atoms with van der Waals surface area (Å²) in [4.78, 5) is 0. The number of rotatable bonds is 1. The minimum absolute atomic E-state index is 0.556. The molecule has 0 fully saturated rings. The van der Waals surface area contributed by atoms with E-state index in [2.05, 4.69) is 20.4 Å². The van der Waals surface area contributed by atoms with Crippen LogP contribution >= 0.6 is 11.6 Å². The Hall–Kier alpha value is 0.0300.